The zero-order chi connectivity index (χ0) is 66.6. The minimum atomic E-state index is -4.96. The van der Waals surface area contributed by atoms with Crippen molar-refractivity contribution in [3.8, 4) is 0 Å². The highest BCUT2D eigenvalue weighted by molar-refractivity contribution is 7.47. The smallest absolute Gasteiger partial charge is 0.462 e. The van der Waals surface area contributed by atoms with Crippen molar-refractivity contribution in [3.63, 3.8) is 0 Å². The average molecular weight is 1320 g/mol. The van der Waals surface area contributed by atoms with Crippen molar-refractivity contribution in [2.45, 2.75) is 349 Å². The number of phosphoric ester groups is 2. The summed E-state index contributed by atoms with van der Waals surface area (Å²) < 4.78 is 68.2. The minimum Gasteiger partial charge on any atom is -0.462 e. The van der Waals surface area contributed by atoms with Gasteiger partial charge in [-0.1, -0.05) is 278 Å². The Hall–Kier alpha value is -2.46. The van der Waals surface area contributed by atoms with E-state index in [4.69, 9.17) is 37.0 Å². The molecule has 3 N–H and O–H groups in total. The van der Waals surface area contributed by atoms with Crippen LogP contribution in [0.4, 0.5) is 0 Å². The van der Waals surface area contributed by atoms with Crippen LogP contribution in [0.15, 0.2) is 24.3 Å². The molecule has 17 nitrogen and oxygen atoms in total. The Balaban J connectivity index is 5.27. The summed E-state index contributed by atoms with van der Waals surface area (Å²) in [5.41, 5.74) is 0. The lowest BCUT2D eigenvalue weighted by molar-refractivity contribution is -0.161. The van der Waals surface area contributed by atoms with Crippen LogP contribution in [-0.4, -0.2) is 96.7 Å². The molecule has 0 amide bonds. The van der Waals surface area contributed by atoms with Gasteiger partial charge < -0.3 is 33.8 Å². The van der Waals surface area contributed by atoms with Gasteiger partial charge in [0.2, 0.25) is 0 Å². The molecule has 3 unspecified atom stereocenters. The van der Waals surface area contributed by atoms with Crippen LogP contribution in [-0.2, 0) is 65.4 Å². The van der Waals surface area contributed by atoms with Crippen molar-refractivity contribution < 1.29 is 80.2 Å². The fraction of sp³-hybridized carbons (Fsp3) is 0.887. The molecule has 530 valence electrons. The van der Waals surface area contributed by atoms with Crippen LogP contribution in [0.5, 0.6) is 0 Å². The van der Waals surface area contributed by atoms with E-state index in [1.165, 1.54) is 122 Å². The highest BCUT2D eigenvalue weighted by Crippen LogP contribution is 2.45. The van der Waals surface area contributed by atoms with Crippen molar-refractivity contribution in [2.75, 3.05) is 39.6 Å². The number of unbranched alkanes of at least 4 members (excludes halogenated alkanes) is 32. The molecule has 0 heterocycles. The third-order valence-electron chi connectivity index (χ3n) is 15.8. The molecule has 0 aromatic heterocycles. The SMILES string of the molecule is CCCCCC/C=C\C=C/CCCCCCCC(=O)OC[C@H](COP(=O)(O)OCC(O)COP(=O)(O)OC[C@@H](COC(=O)CCCCCCCCCCC(C)C)OC(=O)CCCCCCCCCCCCCC(C)C)OC(=O)CCCCCCCCCC(C)C. The molecule has 0 bridgehead atoms. The second-order valence-electron chi connectivity index (χ2n) is 26.4. The monoisotopic (exact) mass is 1320 g/mol. The maximum atomic E-state index is 13.0. The first-order valence-corrected chi connectivity index (χ1v) is 39.2. The van der Waals surface area contributed by atoms with Gasteiger partial charge in [-0.25, -0.2) is 9.13 Å². The number of esters is 4. The summed E-state index contributed by atoms with van der Waals surface area (Å²) in [6.45, 7) is 11.7. The van der Waals surface area contributed by atoms with Crippen LogP contribution in [0.3, 0.4) is 0 Å². The molecule has 90 heavy (non-hydrogen) atoms. The lowest BCUT2D eigenvalue weighted by Crippen LogP contribution is -2.30. The van der Waals surface area contributed by atoms with Crippen LogP contribution in [0.2, 0.25) is 0 Å². The molecule has 0 aliphatic rings. The highest BCUT2D eigenvalue weighted by Gasteiger charge is 2.30. The molecule has 0 rings (SSSR count). The van der Waals surface area contributed by atoms with Crippen LogP contribution >= 0.6 is 15.6 Å². The van der Waals surface area contributed by atoms with Gasteiger partial charge in [-0.3, -0.25) is 37.3 Å². The number of ether oxygens (including phenoxy) is 4. The lowest BCUT2D eigenvalue weighted by atomic mass is 10.0. The first-order valence-electron chi connectivity index (χ1n) is 36.2. The molecule has 0 fully saturated rings. The summed E-state index contributed by atoms with van der Waals surface area (Å²) in [7, 11) is -9.91. The zero-order valence-corrected chi connectivity index (χ0v) is 59.9. The van der Waals surface area contributed by atoms with Gasteiger partial charge in [-0.15, -0.1) is 0 Å². The van der Waals surface area contributed by atoms with Crippen molar-refractivity contribution >= 4 is 39.5 Å². The number of carbonyl (C=O) groups excluding carboxylic acids is 4. The van der Waals surface area contributed by atoms with Gasteiger partial charge in [-0.2, -0.15) is 0 Å². The minimum absolute atomic E-state index is 0.0962. The van der Waals surface area contributed by atoms with Gasteiger partial charge in [0.15, 0.2) is 12.2 Å². The molecule has 0 aliphatic carbocycles. The Morgan fingerprint density at radius 1 is 0.344 bits per heavy atom. The maximum Gasteiger partial charge on any atom is 0.472 e. The summed E-state index contributed by atoms with van der Waals surface area (Å²) >= 11 is 0. The van der Waals surface area contributed by atoms with Crippen molar-refractivity contribution in [3.05, 3.63) is 24.3 Å². The van der Waals surface area contributed by atoms with Crippen LogP contribution < -0.4 is 0 Å². The first-order chi connectivity index (χ1) is 43.2. The molecule has 0 aromatic rings. The van der Waals surface area contributed by atoms with Crippen molar-refractivity contribution in [2.24, 2.45) is 17.8 Å². The van der Waals surface area contributed by atoms with Gasteiger partial charge >= 0.3 is 39.5 Å². The van der Waals surface area contributed by atoms with Crippen LogP contribution in [0.25, 0.3) is 0 Å². The summed E-state index contributed by atoms with van der Waals surface area (Å²) in [5.74, 6) is 0.0225. The fourth-order valence-corrected chi connectivity index (χ4v) is 11.8. The molecule has 0 saturated heterocycles. The molecule has 0 saturated carbocycles. The maximum absolute atomic E-state index is 13.0. The predicted octanol–water partition coefficient (Wildman–Crippen LogP) is 19.8. The second-order valence-corrected chi connectivity index (χ2v) is 29.3. The molecule has 0 aliphatic heterocycles. The lowest BCUT2D eigenvalue weighted by Gasteiger charge is -2.21. The summed E-state index contributed by atoms with van der Waals surface area (Å²) in [5, 5.41) is 10.6. The van der Waals surface area contributed by atoms with E-state index in [0.717, 1.165) is 121 Å². The Morgan fingerprint density at radius 3 is 0.900 bits per heavy atom. The summed E-state index contributed by atoms with van der Waals surface area (Å²) in [4.78, 5) is 72.5. The standard InChI is InChI=1S/C71H134O17P2/c1-8-9-10-11-12-13-14-15-16-17-20-23-31-38-45-52-68(73)81-59-67(88-71(76)55-48-41-34-27-30-37-44-51-64(6)7)61-86-90(79,80)84-57-65(72)56-83-89(77,78)85-60-66(58-82-69(74)53-46-39-32-26-25-29-36-43-50-63(4)5)87-70(75)54-47-40-33-24-21-18-19-22-28-35-42-49-62(2)3/h13-16,62-67,72H,8-12,17-61H2,1-7H3,(H,77,78)(H,79,80)/b14-13-,16-15-/t65?,66-,67-/m1/s1. The summed E-state index contributed by atoms with van der Waals surface area (Å²) in [6.07, 6.45) is 48.1. The van der Waals surface area contributed by atoms with E-state index in [1.807, 2.05) is 0 Å². The molecule has 0 spiro atoms. The fourth-order valence-electron chi connectivity index (χ4n) is 10.2. The Bertz CT molecular complexity index is 1860. The third kappa shape index (κ3) is 64.3. The van der Waals surface area contributed by atoms with E-state index in [-0.39, 0.29) is 25.7 Å². The van der Waals surface area contributed by atoms with E-state index in [0.29, 0.717) is 31.6 Å². The van der Waals surface area contributed by atoms with E-state index in [2.05, 4.69) is 72.8 Å². The normalized spacial score (nSPS) is 14.4. The quantitative estimate of drug-likeness (QED) is 0.0169. The van der Waals surface area contributed by atoms with E-state index in [9.17, 15) is 43.2 Å². The highest BCUT2D eigenvalue weighted by atomic mass is 31.2. The molecule has 19 heteroatoms. The largest absolute Gasteiger partial charge is 0.472 e. The molecular weight excluding hydrogens is 1190 g/mol. The van der Waals surface area contributed by atoms with Crippen LogP contribution in [0.1, 0.15) is 331 Å². The predicted molar refractivity (Wildman–Crippen MR) is 363 cm³/mol. The van der Waals surface area contributed by atoms with Gasteiger partial charge in [0.05, 0.1) is 26.4 Å². The topological polar surface area (TPSA) is 237 Å². The van der Waals surface area contributed by atoms with E-state index >= 15 is 0 Å². The average Bonchev–Trinajstić information content (AvgIpc) is 3.60. The molecule has 5 atom stereocenters. The second kappa shape index (κ2) is 61.4. The van der Waals surface area contributed by atoms with Crippen molar-refractivity contribution in [1.82, 2.24) is 0 Å². The number of aliphatic hydroxyl groups excluding tert-OH is 1. The zero-order valence-electron chi connectivity index (χ0n) is 58.1. The van der Waals surface area contributed by atoms with Gasteiger partial charge in [0.25, 0.3) is 0 Å². The Kier molecular flexibility index (Phi) is 59.7. The van der Waals surface area contributed by atoms with Crippen molar-refractivity contribution in [1.29, 1.82) is 0 Å². The third-order valence-corrected chi connectivity index (χ3v) is 17.7. The van der Waals surface area contributed by atoms with E-state index < -0.39 is 97.5 Å². The molecular formula is C71H134O17P2. The Morgan fingerprint density at radius 2 is 0.600 bits per heavy atom. The molecule has 0 aromatic carbocycles. The van der Waals surface area contributed by atoms with Gasteiger partial charge in [0, 0.05) is 25.7 Å². The van der Waals surface area contributed by atoms with E-state index in [1.54, 1.807) is 0 Å². The number of hydrogen-bond acceptors (Lipinski definition) is 15. The Labute approximate surface area is 548 Å². The first kappa shape index (κ1) is 87.5. The number of carbonyl (C=O) groups is 4. The van der Waals surface area contributed by atoms with Gasteiger partial charge in [0.1, 0.15) is 19.3 Å². The summed E-state index contributed by atoms with van der Waals surface area (Å²) in [6, 6.07) is 0. The number of phosphoric acid groups is 2. The number of aliphatic hydroxyl groups is 1. The number of rotatable bonds is 67. The number of allylic oxidation sites excluding steroid dienone is 4. The van der Waals surface area contributed by atoms with Gasteiger partial charge in [-0.05, 0) is 69.1 Å². The number of hydrogen-bond donors (Lipinski definition) is 3. The van der Waals surface area contributed by atoms with Crippen LogP contribution in [0, 0.1) is 17.8 Å². The molecule has 0 radical (unpaired) electrons.